The maximum Gasteiger partial charge on any atom is 0.0957 e. The van der Waals surface area contributed by atoms with Crippen LogP contribution in [0, 0.1) is 16.7 Å². The Hall–Kier alpha value is -0.530. The lowest BCUT2D eigenvalue weighted by atomic mass is 9.80. The van der Waals surface area contributed by atoms with Crippen molar-refractivity contribution in [3.05, 3.63) is 0 Å². The quantitative estimate of drug-likeness (QED) is 0.533. The van der Waals surface area contributed by atoms with E-state index < -0.39 is 0 Å². The number of likely N-dealkylation sites (tertiary alicyclic amines) is 1. The van der Waals surface area contributed by atoms with E-state index >= 15 is 0 Å². The Balaban J connectivity index is 2.45. The molecule has 2 nitrogen and oxygen atoms in total. The second kappa shape index (κ2) is 4.33. The van der Waals surface area contributed by atoms with Gasteiger partial charge in [-0.2, -0.15) is 0 Å². The van der Waals surface area contributed by atoms with Gasteiger partial charge in [0.15, 0.2) is 0 Å². The van der Waals surface area contributed by atoms with Crippen LogP contribution in [-0.4, -0.2) is 23.8 Å². The van der Waals surface area contributed by atoms with E-state index in [0.717, 1.165) is 37.7 Å². The van der Waals surface area contributed by atoms with Crippen LogP contribution in [-0.2, 0) is 0 Å². The molecule has 0 bridgehead atoms. The molecule has 1 fully saturated rings. The minimum atomic E-state index is 0.404. The standard InChI is InChI=1S/C12H24N2/c1-5-6-11(13)14-8-7-10(9-14)12(2,3)4/h10,13H,5-9H2,1-4H3. The van der Waals surface area contributed by atoms with E-state index in [1.807, 2.05) is 0 Å². The molecule has 1 N–H and O–H groups in total. The van der Waals surface area contributed by atoms with Gasteiger partial charge < -0.3 is 4.90 Å². The Morgan fingerprint density at radius 3 is 2.50 bits per heavy atom. The van der Waals surface area contributed by atoms with Crippen molar-refractivity contribution in [3.8, 4) is 0 Å². The molecule has 14 heavy (non-hydrogen) atoms. The van der Waals surface area contributed by atoms with Gasteiger partial charge in [-0.3, -0.25) is 5.41 Å². The largest absolute Gasteiger partial charge is 0.360 e. The highest BCUT2D eigenvalue weighted by atomic mass is 15.2. The van der Waals surface area contributed by atoms with Gasteiger partial charge in [-0.15, -0.1) is 0 Å². The van der Waals surface area contributed by atoms with E-state index in [2.05, 4.69) is 32.6 Å². The Kier molecular flexibility index (Phi) is 3.57. The topological polar surface area (TPSA) is 27.1 Å². The summed E-state index contributed by atoms with van der Waals surface area (Å²) in [5.41, 5.74) is 0.404. The molecule has 0 spiro atoms. The SMILES string of the molecule is CCCC(=N)N1CCC(C(C)(C)C)C1. The predicted molar refractivity (Wildman–Crippen MR) is 61.8 cm³/mol. The van der Waals surface area contributed by atoms with Crippen molar-refractivity contribution >= 4 is 5.84 Å². The molecule has 1 heterocycles. The molecule has 0 aliphatic carbocycles. The maximum absolute atomic E-state index is 7.91. The fourth-order valence-corrected chi connectivity index (χ4v) is 2.11. The van der Waals surface area contributed by atoms with Gasteiger partial charge in [0.1, 0.15) is 0 Å². The Morgan fingerprint density at radius 2 is 2.07 bits per heavy atom. The van der Waals surface area contributed by atoms with E-state index in [9.17, 15) is 0 Å². The Bertz CT molecular complexity index is 203. The predicted octanol–water partition coefficient (Wildman–Crippen LogP) is 3.13. The Labute approximate surface area is 88.2 Å². The van der Waals surface area contributed by atoms with Gasteiger partial charge in [0, 0.05) is 19.5 Å². The van der Waals surface area contributed by atoms with Crippen LogP contribution in [0.25, 0.3) is 0 Å². The molecule has 0 aromatic rings. The van der Waals surface area contributed by atoms with E-state index in [-0.39, 0.29) is 0 Å². The van der Waals surface area contributed by atoms with Crippen LogP contribution in [0.2, 0.25) is 0 Å². The zero-order chi connectivity index (χ0) is 10.8. The van der Waals surface area contributed by atoms with Gasteiger partial charge in [0.05, 0.1) is 5.84 Å². The first-order valence-electron chi connectivity index (χ1n) is 5.77. The molecule has 1 atom stereocenters. The van der Waals surface area contributed by atoms with Crippen LogP contribution in [0.1, 0.15) is 47.0 Å². The normalized spacial score (nSPS) is 22.9. The van der Waals surface area contributed by atoms with E-state index in [1.165, 1.54) is 6.42 Å². The summed E-state index contributed by atoms with van der Waals surface area (Å²) in [6, 6.07) is 0. The molecule has 0 amide bonds. The molecule has 1 rings (SSSR count). The van der Waals surface area contributed by atoms with Crippen LogP contribution in [0.5, 0.6) is 0 Å². The molecule has 2 heteroatoms. The molecular formula is C12H24N2. The van der Waals surface area contributed by atoms with Crippen molar-refractivity contribution in [2.24, 2.45) is 11.3 Å². The van der Waals surface area contributed by atoms with Crippen LogP contribution in [0.15, 0.2) is 0 Å². The summed E-state index contributed by atoms with van der Waals surface area (Å²) in [4.78, 5) is 2.26. The molecule has 1 saturated heterocycles. The molecule has 82 valence electrons. The molecular weight excluding hydrogens is 172 g/mol. The highest BCUT2D eigenvalue weighted by molar-refractivity contribution is 5.79. The van der Waals surface area contributed by atoms with Crippen LogP contribution in [0.3, 0.4) is 0 Å². The lowest BCUT2D eigenvalue weighted by Gasteiger charge is -2.27. The summed E-state index contributed by atoms with van der Waals surface area (Å²) in [5, 5.41) is 7.91. The number of nitrogens with zero attached hydrogens (tertiary/aromatic N) is 1. The summed E-state index contributed by atoms with van der Waals surface area (Å²) in [6.45, 7) is 11.3. The lowest BCUT2D eigenvalue weighted by molar-refractivity contribution is 0.250. The molecule has 1 unspecified atom stereocenters. The summed E-state index contributed by atoms with van der Waals surface area (Å²) >= 11 is 0. The van der Waals surface area contributed by atoms with Crippen molar-refractivity contribution in [1.82, 2.24) is 4.90 Å². The number of amidine groups is 1. The third kappa shape index (κ3) is 2.73. The molecule has 1 aliphatic heterocycles. The van der Waals surface area contributed by atoms with Gasteiger partial charge in [-0.05, 0) is 24.2 Å². The fraction of sp³-hybridized carbons (Fsp3) is 0.917. The first kappa shape index (κ1) is 11.5. The van der Waals surface area contributed by atoms with Gasteiger partial charge in [-0.25, -0.2) is 0 Å². The van der Waals surface area contributed by atoms with Crippen molar-refractivity contribution in [2.75, 3.05) is 13.1 Å². The minimum absolute atomic E-state index is 0.404. The Morgan fingerprint density at radius 1 is 1.43 bits per heavy atom. The second-order valence-electron chi connectivity index (χ2n) is 5.49. The zero-order valence-corrected chi connectivity index (χ0v) is 10.1. The summed E-state index contributed by atoms with van der Waals surface area (Å²) in [6.07, 6.45) is 3.29. The monoisotopic (exact) mass is 196 g/mol. The van der Waals surface area contributed by atoms with E-state index in [1.54, 1.807) is 0 Å². The minimum Gasteiger partial charge on any atom is -0.360 e. The van der Waals surface area contributed by atoms with Crippen molar-refractivity contribution in [1.29, 1.82) is 5.41 Å². The molecule has 1 aliphatic rings. The van der Waals surface area contributed by atoms with E-state index in [0.29, 0.717) is 5.41 Å². The lowest BCUT2D eigenvalue weighted by Crippen LogP contribution is -2.30. The maximum atomic E-state index is 7.91. The highest BCUT2D eigenvalue weighted by Gasteiger charge is 2.32. The van der Waals surface area contributed by atoms with Crippen molar-refractivity contribution in [3.63, 3.8) is 0 Å². The van der Waals surface area contributed by atoms with Crippen LogP contribution >= 0.6 is 0 Å². The molecule has 0 saturated carbocycles. The zero-order valence-electron chi connectivity index (χ0n) is 10.1. The van der Waals surface area contributed by atoms with Gasteiger partial charge in [0.25, 0.3) is 0 Å². The summed E-state index contributed by atoms with van der Waals surface area (Å²) in [7, 11) is 0. The number of rotatable bonds is 2. The smallest absolute Gasteiger partial charge is 0.0957 e. The average molecular weight is 196 g/mol. The number of hydrogen-bond acceptors (Lipinski definition) is 1. The number of hydrogen-bond donors (Lipinski definition) is 1. The van der Waals surface area contributed by atoms with Crippen LogP contribution < -0.4 is 0 Å². The third-order valence-electron chi connectivity index (χ3n) is 3.28. The first-order chi connectivity index (χ1) is 6.45. The average Bonchev–Trinajstić information content (AvgIpc) is 2.51. The van der Waals surface area contributed by atoms with Gasteiger partial charge >= 0.3 is 0 Å². The third-order valence-corrected chi connectivity index (χ3v) is 3.28. The fourth-order valence-electron chi connectivity index (χ4n) is 2.11. The second-order valence-corrected chi connectivity index (χ2v) is 5.49. The first-order valence-corrected chi connectivity index (χ1v) is 5.77. The van der Waals surface area contributed by atoms with Crippen molar-refractivity contribution < 1.29 is 0 Å². The molecule has 0 radical (unpaired) electrons. The molecule has 0 aromatic heterocycles. The summed E-state index contributed by atoms with van der Waals surface area (Å²) in [5.74, 6) is 1.61. The van der Waals surface area contributed by atoms with Crippen molar-refractivity contribution in [2.45, 2.75) is 47.0 Å². The molecule has 0 aromatic carbocycles. The number of nitrogens with one attached hydrogen (secondary N) is 1. The van der Waals surface area contributed by atoms with Gasteiger partial charge in [0.2, 0.25) is 0 Å². The van der Waals surface area contributed by atoms with E-state index in [4.69, 9.17) is 5.41 Å². The highest BCUT2D eigenvalue weighted by Crippen LogP contribution is 2.33. The summed E-state index contributed by atoms with van der Waals surface area (Å²) < 4.78 is 0. The van der Waals surface area contributed by atoms with Gasteiger partial charge in [-0.1, -0.05) is 27.7 Å². The van der Waals surface area contributed by atoms with Crippen LogP contribution in [0.4, 0.5) is 0 Å².